The number of pyridine rings is 1. The predicted molar refractivity (Wildman–Crippen MR) is 96.9 cm³/mol. The number of benzene rings is 1. The van der Waals surface area contributed by atoms with Crippen LogP contribution in [0.2, 0.25) is 0 Å². The Morgan fingerprint density at radius 3 is 2.73 bits per heavy atom. The van der Waals surface area contributed by atoms with Crippen LogP contribution in [0.3, 0.4) is 0 Å². The number of nitrogens with one attached hydrogen (secondary N) is 2. The summed E-state index contributed by atoms with van der Waals surface area (Å²) >= 11 is 0. The van der Waals surface area contributed by atoms with Crippen LogP contribution < -0.4 is 10.6 Å². The Morgan fingerprint density at radius 1 is 1.19 bits per heavy atom. The molecule has 0 saturated heterocycles. The van der Waals surface area contributed by atoms with Crippen molar-refractivity contribution in [2.75, 3.05) is 11.9 Å². The molecular weight excluding hydrogens is 335 g/mol. The highest BCUT2D eigenvalue weighted by Crippen LogP contribution is 2.20. The highest BCUT2D eigenvalue weighted by atomic mass is 19.1. The van der Waals surface area contributed by atoms with E-state index in [1.54, 1.807) is 16.7 Å². The minimum Gasteiger partial charge on any atom is -0.351 e. The molecule has 0 spiro atoms. The van der Waals surface area contributed by atoms with Gasteiger partial charge in [0.25, 0.3) is 11.8 Å². The van der Waals surface area contributed by atoms with E-state index in [4.69, 9.17) is 0 Å². The Balaban J connectivity index is 2.01. The van der Waals surface area contributed by atoms with Crippen molar-refractivity contribution in [2.24, 2.45) is 0 Å². The lowest BCUT2D eigenvalue weighted by atomic mass is 10.2. The number of carbonyl (C=O) groups is 2. The van der Waals surface area contributed by atoms with Crippen molar-refractivity contribution in [3.63, 3.8) is 0 Å². The number of fused-ring (bicyclic) bond motifs is 1. The highest BCUT2D eigenvalue weighted by molar-refractivity contribution is 6.08. The molecule has 2 N–H and O–H groups in total. The fraction of sp³-hybridized carbons (Fsp3) is 0.211. The van der Waals surface area contributed by atoms with Crippen molar-refractivity contribution in [1.82, 2.24) is 14.7 Å². The maximum Gasteiger partial charge on any atom is 0.272 e. The van der Waals surface area contributed by atoms with E-state index in [1.165, 1.54) is 18.2 Å². The van der Waals surface area contributed by atoms with E-state index in [0.29, 0.717) is 12.2 Å². The molecular formula is C19H19FN4O2. The summed E-state index contributed by atoms with van der Waals surface area (Å²) in [6.07, 6.45) is 2.56. The quantitative estimate of drug-likeness (QED) is 0.739. The Labute approximate surface area is 150 Å². The molecule has 0 aliphatic carbocycles. The molecule has 0 unspecified atom stereocenters. The molecule has 2 amide bonds. The second-order valence-corrected chi connectivity index (χ2v) is 5.96. The van der Waals surface area contributed by atoms with Crippen LogP contribution >= 0.6 is 0 Å². The third-order valence-electron chi connectivity index (χ3n) is 3.84. The largest absolute Gasteiger partial charge is 0.351 e. The van der Waals surface area contributed by atoms with Crippen molar-refractivity contribution >= 4 is 23.3 Å². The number of imidazole rings is 1. The monoisotopic (exact) mass is 354 g/mol. The van der Waals surface area contributed by atoms with Crippen LogP contribution in [0, 0.1) is 12.7 Å². The topological polar surface area (TPSA) is 75.5 Å². The highest BCUT2D eigenvalue weighted by Gasteiger charge is 2.21. The van der Waals surface area contributed by atoms with Crippen LogP contribution in [-0.4, -0.2) is 27.7 Å². The summed E-state index contributed by atoms with van der Waals surface area (Å²) in [5, 5.41) is 5.42. The van der Waals surface area contributed by atoms with Gasteiger partial charge < -0.3 is 10.6 Å². The first kappa shape index (κ1) is 17.6. The summed E-state index contributed by atoms with van der Waals surface area (Å²) in [6.45, 7) is 4.36. The third-order valence-corrected chi connectivity index (χ3v) is 3.84. The van der Waals surface area contributed by atoms with Crippen LogP contribution in [0.5, 0.6) is 0 Å². The van der Waals surface area contributed by atoms with E-state index in [2.05, 4.69) is 15.6 Å². The van der Waals surface area contributed by atoms with Gasteiger partial charge in [0.1, 0.15) is 11.5 Å². The zero-order chi connectivity index (χ0) is 18.7. The molecule has 2 heterocycles. The molecule has 0 aliphatic rings. The van der Waals surface area contributed by atoms with E-state index in [9.17, 15) is 14.0 Å². The van der Waals surface area contributed by atoms with Crippen LogP contribution in [0.25, 0.3) is 5.65 Å². The van der Waals surface area contributed by atoms with Gasteiger partial charge in [-0.2, -0.15) is 0 Å². The van der Waals surface area contributed by atoms with Gasteiger partial charge in [0, 0.05) is 18.3 Å². The standard InChI is InChI=1S/C19H19FN4O2/c1-3-9-21-19(26)16-17(22-15-8-7-12(2)11-24(15)16)23-18(25)13-5-4-6-14(20)10-13/h4-8,10-11H,3,9H2,1-2H3,(H,21,26)(H,23,25). The smallest absolute Gasteiger partial charge is 0.272 e. The summed E-state index contributed by atoms with van der Waals surface area (Å²) in [6, 6.07) is 8.97. The van der Waals surface area contributed by atoms with Crippen molar-refractivity contribution in [3.8, 4) is 0 Å². The van der Waals surface area contributed by atoms with Gasteiger partial charge in [-0.15, -0.1) is 0 Å². The van der Waals surface area contributed by atoms with Gasteiger partial charge >= 0.3 is 0 Å². The van der Waals surface area contributed by atoms with E-state index < -0.39 is 11.7 Å². The number of carbonyl (C=O) groups excluding carboxylic acids is 2. The molecule has 0 bridgehead atoms. The Hall–Kier alpha value is -3.22. The first-order valence-corrected chi connectivity index (χ1v) is 8.33. The molecule has 2 aromatic heterocycles. The molecule has 3 rings (SSSR count). The zero-order valence-corrected chi connectivity index (χ0v) is 14.5. The van der Waals surface area contributed by atoms with Crippen molar-refractivity contribution in [1.29, 1.82) is 0 Å². The van der Waals surface area contributed by atoms with E-state index >= 15 is 0 Å². The van der Waals surface area contributed by atoms with Gasteiger partial charge in [0.05, 0.1) is 0 Å². The van der Waals surface area contributed by atoms with Gasteiger partial charge in [-0.25, -0.2) is 9.37 Å². The summed E-state index contributed by atoms with van der Waals surface area (Å²) in [5.74, 6) is -1.24. The van der Waals surface area contributed by atoms with Crippen LogP contribution in [0.1, 0.15) is 39.8 Å². The van der Waals surface area contributed by atoms with E-state index in [1.807, 2.05) is 19.9 Å². The first-order valence-electron chi connectivity index (χ1n) is 8.33. The number of hydrogen-bond donors (Lipinski definition) is 2. The number of anilines is 1. The molecule has 0 fully saturated rings. The summed E-state index contributed by atoms with van der Waals surface area (Å²) < 4.78 is 15.0. The molecule has 0 saturated carbocycles. The molecule has 3 aromatic rings. The lowest BCUT2D eigenvalue weighted by Crippen LogP contribution is -2.27. The Morgan fingerprint density at radius 2 is 2.00 bits per heavy atom. The lowest BCUT2D eigenvalue weighted by molar-refractivity contribution is 0.0949. The minimum absolute atomic E-state index is 0.137. The normalized spacial score (nSPS) is 10.7. The number of aromatic nitrogens is 2. The summed E-state index contributed by atoms with van der Waals surface area (Å²) in [4.78, 5) is 29.4. The van der Waals surface area contributed by atoms with E-state index in [-0.39, 0.29) is 23.0 Å². The number of amides is 2. The third kappa shape index (κ3) is 3.56. The maximum absolute atomic E-state index is 13.4. The molecule has 26 heavy (non-hydrogen) atoms. The van der Waals surface area contributed by atoms with Gasteiger partial charge in [0.2, 0.25) is 0 Å². The number of hydrogen-bond acceptors (Lipinski definition) is 3. The molecule has 7 heteroatoms. The first-order chi connectivity index (χ1) is 12.5. The minimum atomic E-state index is -0.533. The van der Waals surface area contributed by atoms with Gasteiger partial charge in [-0.05, 0) is 43.2 Å². The second kappa shape index (κ2) is 7.35. The fourth-order valence-corrected chi connectivity index (χ4v) is 2.59. The SMILES string of the molecule is CCCNC(=O)c1c(NC(=O)c2cccc(F)c2)nc2ccc(C)cn12. The molecule has 0 radical (unpaired) electrons. The molecule has 0 aliphatic heterocycles. The molecule has 6 nitrogen and oxygen atoms in total. The average Bonchev–Trinajstić information content (AvgIpc) is 2.96. The van der Waals surface area contributed by atoms with Crippen LogP contribution in [0.4, 0.5) is 10.2 Å². The maximum atomic E-state index is 13.4. The predicted octanol–water partition coefficient (Wildman–Crippen LogP) is 3.17. The zero-order valence-electron chi connectivity index (χ0n) is 14.5. The second-order valence-electron chi connectivity index (χ2n) is 5.96. The molecule has 134 valence electrons. The van der Waals surface area contributed by atoms with Crippen LogP contribution in [0.15, 0.2) is 42.6 Å². The Kier molecular flexibility index (Phi) is 4.97. The van der Waals surface area contributed by atoms with Crippen molar-refractivity contribution < 1.29 is 14.0 Å². The number of halogens is 1. The van der Waals surface area contributed by atoms with E-state index in [0.717, 1.165) is 18.1 Å². The van der Waals surface area contributed by atoms with Gasteiger partial charge in [-0.1, -0.05) is 19.1 Å². The Bertz CT molecular complexity index is 981. The summed E-state index contributed by atoms with van der Waals surface area (Å²) in [5.41, 5.74) is 1.87. The van der Waals surface area contributed by atoms with Gasteiger partial charge in [-0.3, -0.25) is 14.0 Å². The molecule has 1 aromatic carbocycles. The average molecular weight is 354 g/mol. The van der Waals surface area contributed by atoms with Crippen molar-refractivity contribution in [3.05, 3.63) is 65.2 Å². The number of nitrogens with zero attached hydrogens (tertiary/aromatic N) is 2. The van der Waals surface area contributed by atoms with Crippen LogP contribution in [-0.2, 0) is 0 Å². The molecule has 0 atom stereocenters. The number of aryl methyl sites for hydroxylation is 1. The van der Waals surface area contributed by atoms with Gasteiger partial charge in [0.15, 0.2) is 11.5 Å². The van der Waals surface area contributed by atoms with Crippen molar-refractivity contribution in [2.45, 2.75) is 20.3 Å². The lowest BCUT2D eigenvalue weighted by Gasteiger charge is -2.08. The number of rotatable bonds is 5. The fourth-order valence-electron chi connectivity index (χ4n) is 2.59. The summed E-state index contributed by atoms with van der Waals surface area (Å²) in [7, 11) is 0.